The molecule has 4 heteroatoms. The highest BCUT2D eigenvalue weighted by Gasteiger charge is 2.25. The van der Waals surface area contributed by atoms with Crippen LogP contribution in [-0.2, 0) is 4.74 Å². The van der Waals surface area contributed by atoms with E-state index in [1.807, 2.05) is 18.9 Å². The number of carbonyl (C=O) groups is 1. The van der Waals surface area contributed by atoms with Gasteiger partial charge in [-0.2, -0.15) is 0 Å². The molecule has 2 atom stereocenters. The molecule has 1 aliphatic heterocycles. The van der Waals surface area contributed by atoms with E-state index >= 15 is 0 Å². The first-order valence-electron chi connectivity index (χ1n) is 6.07. The Hall–Kier alpha value is -0.770. The highest BCUT2D eigenvalue weighted by molar-refractivity contribution is 5.74. The molecule has 0 saturated carbocycles. The van der Waals surface area contributed by atoms with Gasteiger partial charge in [0.05, 0.1) is 12.6 Å². The van der Waals surface area contributed by atoms with Crippen molar-refractivity contribution >= 4 is 6.03 Å². The van der Waals surface area contributed by atoms with Crippen LogP contribution in [0.1, 0.15) is 26.7 Å². The van der Waals surface area contributed by atoms with E-state index in [2.05, 4.69) is 6.92 Å². The number of methoxy groups -OCH3 is 1. The standard InChI is InChI=1S/C12H24N2O2/c1-10-6-5-7-14(8-10)12(15)13(3)11(2)9-16-4/h10-11H,5-9H2,1-4H3. The molecule has 1 fully saturated rings. The van der Waals surface area contributed by atoms with Crippen molar-refractivity contribution in [3.63, 3.8) is 0 Å². The van der Waals surface area contributed by atoms with Gasteiger partial charge in [-0.3, -0.25) is 0 Å². The van der Waals surface area contributed by atoms with Crippen LogP contribution in [0.25, 0.3) is 0 Å². The molecule has 1 aliphatic rings. The molecule has 0 aromatic rings. The maximum atomic E-state index is 12.2. The Labute approximate surface area is 98.5 Å². The number of hydrogen-bond acceptors (Lipinski definition) is 2. The lowest BCUT2D eigenvalue weighted by Gasteiger charge is -2.36. The Bertz CT molecular complexity index is 233. The Morgan fingerprint density at radius 1 is 1.62 bits per heavy atom. The number of nitrogens with zero attached hydrogens (tertiary/aromatic N) is 2. The summed E-state index contributed by atoms with van der Waals surface area (Å²) in [6.07, 6.45) is 2.36. The van der Waals surface area contributed by atoms with Gasteiger partial charge >= 0.3 is 6.03 Å². The maximum Gasteiger partial charge on any atom is 0.320 e. The van der Waals surface area contributed by atoms with Gasteiger partial charge in [-0.25, -0.2) is 4.79 Å². The van der Waals surface area contributed by atoms with Crippen molar-refractivity contribution < 1.29 is 9.53 Å². The number of piperidine rings is 1. The van der Waals surface area contributed by atoms with Gasteiger partial charge in [0.15, 0.2) is 0 Å². The predicted molar refractivity (Wildman–Crippen MR) is 64.5 cm³/mol. The second kappa shape index (κ2) is 6.09. The largest absolute Gasteiger partial charge is 0.383 e. The molecule has 0 spiro atoms. The Morgan fingerprint density at radius 2 is 2.31 bits per heavy atom. The minimum atomic E-state index is 0.134. The van der Waals surface area contributed by atoms with Crippen LogP contribution < -0.4 is 0 Å². The first-order valence-corrected chi connectivity index (χ1v) is 6.07. The summed E-state index contributed by atoms with van der Waals surface area (Å²) >= 11 is 0. The van der Waals surface area contributed by atoms with Gasteiger partial charge in [-0.05, 0) is 25.7 Å². The normalized spacial score (nSPS) is 23.0. The molecule has 0 aromatic carbocycles. The molecule has 0 aliphatic carbocycles. The van der Waals surface area contributed by atoms with Crippen LogP contribution in [0.3, 0.4) is 0 Å². The van der Waals surface area contributed by atoms with Gasteiger partial charge in [-0.15, -0.1) is 0 Å². The third-order valence-corrected chi connectivity index (χ3v) is 3.30. The fourth-order valence-corrected chi connectivity index (χ4v) is 2.13. The number of ether oxygens (including phenoxy) is 1. The quantitative estimate of drug-likeness (QED) is 0.738. The van der Waals surface area contributed by atoms with Crippen molar-refractivity contribution in [2.75, 3.05) is 33.9 Å². The molecule has 4 nitrogen and oxygen atoms in total. The van der Waals surface area contributed by atoms with E-state index in [1.165, 1.54) is 6.42 Å². The molecule has 16 heavy (non-hydrogen) atoms. The molecule has 94 valence electrons. The summed E-state index contributed by atoms with van der Waals surface area (Å²) in [4.78, 5) is 15.9. The summed E-state index contributed by atoms with van der Waals surface area (Å²) in [5, 5.41) is 0. The highest BCUT2D eigenvalue weighted by Crippen LogP contribution is 2.17. The smallest absolute Gasteiger partial charge is 0.320 e. The Morgan fingerprint density at radius 3 is 2.88 bits per heavy atom. The average Bonchev–Trinajstić information content (AvgIpc) is 2.27. The lowest BCUT2D eigenvalue weighted by atomic mass is 10.0. The van der Waals surface area contributed by atoms with Gasteiger partial charge in [0, 0.05) is 27.2 Å². The van der Waals surface area contributed by atoms with Gasteiger partial charge in [0.2, 0.25) is 0 Å². The minimum absolute atomic E-state index is 0.134. The van der Waals surface area contributed by atoms with E-state index in [4.69, 9.17) is 4.74 Å². The number of carbonyl (C=O) groups excluding carboxylic acids is 1. The molecule has 0 N–H and O–H groups in total. The monoisotopic (exact) mass is 228 g/mol. The molecular weight excluding hydrogens is 204 g/mol. The summed E-state index contributed by atoms with van der Waals surface area (Å²) < 4.78 is 5.07. The second-order valence-electron chi connectivity index (χ2n) is 4.89. The van der Waals surface area contributed by atoms with E-state index in [0.717, 1.165) is 19.5 Å². The SMILES string of the molecule is COCC(C)N(C)C(=O)N1CCCC(C)C1. The van der Waals surface area contributed by atoms with Gasteiger partial charge in [0.1, 0.15) is 0 Å². The van der Waals surface area contributed by atoms with Crippen LogP contribution in [0.4, 0.5) is 4.79 Å². The van der Waals surface area contributed by atoms with Crippen LogP contribution in [0.2, 0.25) is 0 Å². The highest BCUT2D eigenvalue weighted by atomic mass is 16.5. The topological polar surface area (TPSA) is 32.8 Å². The van der Waals surface area contributed by atoms with Crippen LogP contribution >= 0.6 is 0 Å². The second-order valence-corrected chi connectivity index (χ2v) is 4.89. The molecule has 0 bridgehead atoms. The molecule has 1 heterocycles. The molecule has 0 aromatic heterocycles. The van der Waals surface area contributed by atoms with Crippen molar-refractivity contribution in [1.82, 2.24) is 9.80 Å². The average molecular weight is 228 g/mol. The lowest BCUT2D eigenvalue weighted by Crippen LogP contribution is -2.49. The lowest BCUT2D eigenvalue weighted by molar-refractivity contribution is 0.0954. The van der Waals surface area contributed by atoms with E-state index in [-0.39, 0.29) is 12.1 Å². The van der Waals surface area contributed by atoms with Crippen LogP contribution in [-0.4, -0.2) is 55.7 Å². The molecular formula is C12H24N2O2. The summed E-state index contributed by atoms with van der Waals surface area (Å²) in [7, 11) is 3.52. The fraction of sp³-hybridized carbons (Fsp3) is 0.917. The minimum Gasteiger partial charge on any atom is -0.383 e. The number of likely N-dealkylation sites (N-methyl/N-ethyl adjacent to an activating group) is 1. The summed E-state index contributed by atoms with van der Waals surface area (Å²) in [6, 6.07) is 0.269. The van der Waals surface area contributed by atoms with E-state index in [0.29, 0.717) is 12.5 Å². The first-order chi connectivity index (χ1) is 7.56. The molecule has 1 saturated heterocycles. The van der Waals surface area contributed by atoms with Crippen LogP contribution in [0.5, 0.6) is 0 Å². The number of rotatable bonds is 3. The number of amides is 2. The third-order valence-electron chi connectivity index (χ3n) is 3.30. The van der Waals surface area contributed by atoms with E-state index < -0.39 is 0 Å². The predicted octanol–water partition coefficient (Wildman–Crippen LogP) is 1.81. The van der Waals surface area contributed by atoms with Gasteiger partial charge in [-0.1, -0.05) is 6.92 Å². The van der Waals surface area contributed by atoms with Crippen LogP contribution in [0.15, 0.2) is 0 Å². The van der Waals surface area contributed by atoms with Crippen molar-refractivity contribution in [2.45, 2.75) is 32.7 Å². The van der Waals surface area contributed by atoms with E-state index in [9.17, 15) is 4.79 Å². The summed E-state index contributed by atoms with van der Waals surface area (Å²) in [5.41, 5.74) is 0. The maximum absolute atomic E-state index is 12.2. The van der Waals surface area contributed by atoms with Gasteiger partial charge < -0.3 is 14.5 Å². The number of hydrogen-bond donors (Lipinski definition) is 0. The number of likely N-dealkylation sites (tertiary alicyclic amines) is 1. The molecule has 2 unspecified atom stereocenters. The zero-order valence-corrected chi connectivity index (χ0v) is 10.9. The van der Waals surface area contributed by atoms with E-state index in [1.54, 1.807) is 12.0 Å². The van der Waals surface area contributed by atoms with Crippen molar-refractivity contribution in [3.8, 4) is 0 Å². The Balaban J connectivity index is 2.48. The van der Waals surface area contributed by atoms with Crippen LogP contribution in [0, 0.1) is 5.92 Å². The Kier molecular flexibility index (Phi) is 5.06. The zero-order chi connectivity index (χ0) is 12.1. The summed E-state index contributed by atoms with van der Waals surface area (Å²) in [6.45, 7) is 6.59. The fourth-order valence-electron chi connectivity index (χ4n) is 2.13. The zero-order valence-electron chi connectivity index (χ0n) is 10.9. The molecule has 2 amide bonds. The van der Waals surface area contributed by atoms with Crippen molar-refractivity contribution in [1.29, 1.82) is 0 Å². The van der Waals surface area contributed by atoms with Crippen molar-refractivity contribution in [2.24, 2.45) is 5.92 Å². The molecule has 0 radical (unpaired) electrons. The summed E-state index contributed by atoms with van der Waals surface area (Å²) in [5.74, 6) is 0.629. The van der Waals surface area contributed by atoms with Crippen molar-refractivity contribution in [3.05, 3.63) is 0 Å². The van der Waals surface area contributed by atoms with Gasteiger partial charge in [0.25, 0.3) is 0 Å². The number of urea groups is 1. The first kappa shape index (κ1) is 13.3. The molecule has 1 rings (SSSR count). The third kappa shape index (κ3) is 3.37.